The first-order valence-electron chi connectivity index (χ1n) is 7.84. The SMILES string of the molecule is Cc1ccc(CC(=O)OCC(=O)NC(=O)NCCc2cccs2)cc1. The zero-order valence-electron chi connectivity index (χ0n) is 13.9. The van der Waals surface area contributed by atoms with Crippen molar-refractivity contribution in [3.8, 4) is 0 Å². The second-order valence-electron chi connectivity index (χ2n) is 5.46. The molecule has 2 N–H and O–H groups in total. The van der Waals surface area contributed by atoms with E-state index in [4.69, 9.17) is 4.74 Å². The van der Waals surface area contributed by atoms with E-state index < -0.39 is 24.5 Å². The molecular formula is C18H20N2O4S. The fraction of sp³-hybridized carbons (Fsp3) is 0.278. The van der Waals surface area contributed by atoms with Gasteiger partial charge in [-0.25, -0.2) is 4.79 Å². The summed E-state index contributed by atoms with van der Waals surface area (Å²) in [6.07, 6.45) is 0.783. The van der Waals surface area contributed by atoms with Crippen molar-refractivity contribution in [3.05, 3.63) is 57.8 Å². The van der Waals surface area contributed by atoms with E-state index in [0.29, 0.717) is 13.0 Å². The van der Waals surface area contributed by atoms with E-state index in [-0.39, 0.29) is 6.42 Å². The molecule has 1 heterocycles. The molecule has 0 bridgehead atoms. The minimum atomic E-state index is -0.661. The lowest BCUT2D eigenvalue weighted by Gasteiger charge is -2.07. The minimum absolute atomic E-state index is 0.0839. The van der Waals surface area contributed by atoms with Gasteiger partial charge in [0.25, 0.3) is 5.91 Å². The van der Waals surface area contributed by atoms with Gasteiger partial charge in [-0.3, -0.25) is 14.9 Å². The predicted molar refractivity (Wildman–Crippen MR) is 95.4 cm³/mol. The van der Waals surface area contributed by atoms with Gasteiger partial charge in [0, 0.05) is 11.4 Å². The Morgan fingerprint density at radius 1 is 1.12 bits per heavy atom. The molecule has 0 aliphatic carbocycles. The number of esters is 1. The summed E-state index contributed by atoms with van der Waals surface area (Å²) in [4.78, 5) is 36.0. The molecule has 1 aromatic carbocycles. The van der Waals surface area contributed by atoms with Crippen molar-refractivity contribution in [1.82, 2.24) is 10.6 Å². The molecular weight excluding hydrogens is 340 g/mol. The van der Waals surface area contributed by atoms with Crippen LogP contribution in [0.15, 0.2) is 41.8 Å². The van der Waals surface area contributed by atoms with Crippen molar-refractivity contribution >= 4 is 29.2 Å². The number of benzene rings is 1. The highest BCUT2D eigenvalue weighted by molar-refractivity contribution is 7.09. The minimum Gasteiger partial charge on any atom is -0.455 e. The van der Waals surface area contributed by atoms with Gasteiger partial charge < -0.3 is 10.1 Å². The number of carbonyl (C=O) groups is 3. The fourth-order valence-electron chi connectivity index (χ4n) is 2.03. The van der Waals surface area contributed by atoms with Crippen LogP contribution in [0.1, 0.15) is 16.0 Å². The average molecular weight is 360 g/mol. The summed E-state index contributed by atoms with van der Waals surface area (Å²) >= 11 is 1.61. The molecule has 2 rings (SSSR count). The number of nitrogens with one attached hydrogen (secondary N) is 2. The maximum Gasteiger partial charge on any atom is 0.321 e. The largest absolute Gasteiger partial charge is 0.455 e. The number of ether oxygens (including phenoxy) is 1. The zero-order valence-corrected chi connectivity index (χ0v) is 14.7. The Labute approximate surface area is 150 Å². The van der Waals surface area contributed by atoms with Gasteiger partial charge in [0.1, 0.15) is 0 Å². The van der Waals surface area contributed by atoms with Crippen LogP contribution in [0.2, 0.25) is 0 Å². The van der Waals surface area contributed by atoms with Crippen LogP contribution in [0.4, 0.5) is 4.79 Å². The number of hydrogen-bond acceptors (Lipinski definition) is 5. The Balaban J connectivity index is 1.61. The van der Waals surface area contributed by atoms with Crippen molar-refractivity contribution in [3.63, 3.8) is 0 Å². The van der Waals surface area contributed by atoms with Crippen LogP contribution < -0.4 is 10.6 Å². The first kappa shape index (κ1) is 18.7. The molecule has 6 nitrogen and oxygen atoms in total. The van der Waals surface area contributed by atoms with Crippen LogP contribution in [0.3, 0.4) is 0 Å². The van der Waals surface area contributed by atoms with Gasteiger partial charge in [0.2, 0.25) is 0 Å². The lowest BCUT2D eigenvalue weighted by molar-refractivity contribution is -0.147. The summed E-state index contributed by atoms with van der Waals surface area (Å²) < 4.78 is 4.87. The molecule has 3 amide bonds. The number of aryl methyl sites for hydroxylation is 1. The molecule has 0 saturated carbocycles. The molecule has 0 unspecified atom stereocenters. The lowest BCUT2D eigenvalue weighted by atomic mass is 10.1. The van der Waals surface area contributed by atoms with Crippen molar-refractivity contribution in [1.29, 1.82) is 0 Å². The quantitative estimate of drug-likeness (QED) is 0.742. The summed E-state index contributed by atoms with van der Waals surface area (Å²) in [7, 11) is 0. The third kappa shape index (κ3) is 7.17. The average Bonchev–Trinajstić information content (AvgIpc) is 3.08. The highest BCUT2D eigenvalue weighted by Gasteiger charge is 2.11. The Morgan fingerprint density at radius 2 is 1.88 bits per heavy atom. The predicted octanol–water partition coefficient (Wildman–Crippen LogP) is 2.21. The van der Waals surface area contributed by atoms with Gasteiger partial charge in [-0.2, -0.15) is 0 Å². The maximum absolute atomic E-state index is 11.7. The lowest BCUT2D eigenvalue weighted by Crippen LogP contribution is -2.42. The number of thiophene rings is 1. The topological polar surface area (TPSA) is 84.5 Å². The van der Waals surface area contributed by atoms with E-state index in [9.17, 15) is 14.4 Å². The van der Waals surface area contributed by atoms with Crippen molar-refractivity contribution < 1.29 is 19.1 Å². The van der Waals surface area contributed by atoms with E-state index in [1.165, 1.54) is 0 Å². The fourth-order valence-corrected chi connectivity index (χ4v) is 2.74. The highest BCUT2D eigenvalue weighted by atomic mass is 32.1. The highest BCUT2D eigenvalue weighted by Crippen LogP contribution is 2.08. The van der Waals surface area contributed by atoms with Gasteiger partial charge in [-0.1, -0.05) is 35.9 Å². The number of carbonyl (C=O) groups excluding carboxylic acids is 3. The van der Waals surface area contributed by atoms with Crippen LogP contribution in [-0.4, -0.2) is 31.1 Å². The third-order valence-corrected chi connectivity index (χ3v) is 4.26. The summed E-state index contributed by atoms with van der Waals surface area (Å²) in [6.45, 7) is 1.90. The number of imide groups is 1. The Bertz CT molecular complexity index is 711. The summed E-state index contributed by atoms with van der Waals surface area (Å²) in [5.41, 5.74) is 1.91. The number of urea groups is 1. The number of rotatable bonds is 7. The van der Waals surface area contributed by atoms with Gasteiger partial charge in [-0.15, -0.1) is 11.3 Å². The molecule has 25 heavy (non-hydrogen) atoms. The van der Waals surface area contributed by atoms with E-state index in [0.717, 1.165) is 16.0 Å². The van der Waals surface area contributed by atoms with Crippen LogP contribution >= 0.6 is 11.3 Å². The maximum atomic E-state index is 11.7. The second-order valence-corrected chi connectivity index (χ2v) is 6.49. The summed E-state index contributed by atoms with van der Waals surface area (Å²) in [5.74, 6) is -1.18. The molecule has 7 heteroatoms. The number of hydrogen-bond donors (Lipinski definition) is 2. The van der Waals surface area contributed by atoms with Gasteiger partial charge in [0.15, 0.2) is 6.61 Å². The van der Waals surface area contributed by atoms with E-state index in [1.54, 1.807) is 11.3 Å². The summed E-state index contributed by atoms with van der Waals surface area (Å²) in [6, 6.07) is 10.8. The Morgan fingerprint density at radius 3 is 2.56 bits per heavy atom. The Hall–Kier alpha value is -2.67. The summed E-state index contributed by atoms with van der Waals surface area (Å²) in [5, 5.41) is 6.67. The molecule has 2 aromatic rings. The van der Waals surface area contributed by atoms with Crippen LogP contribution in [0.5, 0.6) is 0 Å². The Kier molecular flexibility index (Phi) is 7.16. The molecule has 0 fully saturated rings. The van der Waals surface area contributed by atoms with Crippen molar-refractivity contribution in [2.24, 2.45) is 0 Å². The molecule has 0 aliphatic heterocycles. The monoisotopic (exact) mass is 360 g/mol. The molecule has 0 spiro atoms. The van der Waals surface area contributed by atoms with Gasteiger partial charge >= 0.3 is 12.0 Å². The van der Waals surface area contributed by atoms with Gasteiger partial charge in [-0.05, 0) is 30.4 Å². The molecule has 1 aromatic heterocycles. The number of amides is 3. The molecule has 0 radical (unpaired) electrons. The first-order valence-corrected chi connectivity index (χ1v) is 8.72. The molecule has 0 atom stereocenters. The van der Waals surface area contributed by atoms with Crippen LogP contribution in [-0.2, 0) is 27.2 Å². The van der Waals surface area contributed by atoms with E-state index in [1.807, 2.05) is 48.7 Å². The standard InChI is InChI=1S/C18H20N2O4S/c1-13-4-6-14(7-5-13)11-17(22)24-12-16(21)20-18(23)19-9-8-15-3-2-10-25-15/h2-7,10H,8-9,11-12H2,1H3,(H2,19,20,21,23). The third-order valence-electron chi connectivity index (χ3n) is 3.32. The second kappa shape index (κ2) is 9.58. The van der Waals surface area contributed by atoms with Crippen molar-refractivity contribution in [2.75, 3.05) is 13.2 Å². The smallest absolute Gasteiger partial charge is 0.321 e. The normalized spacial score (nSPS) is 10.1. The first-order chi connectivity index (χ1) is 12.0. The van der Waals surface area contributed by atoms with Crippen LogP contribution in [0, 0.1) is 6.92 Å². The molecule has 0 aliphatic rings. The van der Waals surface area contributed by atoms with E-state index >= 15 is 0 Å². The van der Waals surface area contributed by atoms with E-state index in [2.05, 4.69) is 10.6 Å². The zero-order chi connectivity index (χ0) is 18.1. The van der Waals surface area contributed by atoms with Crippen molar-refractivity contribution in [2.45, 2.75) is 19.8 Å². The molecule has 132 valence electrons. The molecule has 0 saturated heterocycles. The van der Waals surface area contributed by atoms with Crippen LogP contribution in [0.25, 0.3) is 0 Å². The van der Waals surface area contributed by atoms with Gasteiger partial charge in [0.05, 0.1) is 6.42 Å².